The highest BCUT2D eigenvalue weighted by molar-refractivity contribution is 9.10. The smallest absolute Gasteiger partial charge is 0.272 e. The molecular formula is C11H8BrN3OS. The molecule has 4 nitrogen and oxygen atoms in total. The molecule has 0 aliphatic heterocycles. The molecule has 2 aromatic rings. The summed E-state index contributed by atoms with van der Waals surface area (Å²) >= 11 is 4.64. The van der Waals surface area contributed by atoms with E-state index in [1.165, 1.54) is 11.3 Å². The summed E-state index contributed by atoms with van der Waals surface area (Å²) in [6.45, 7) is 0. The van der Waals surface area contributed by atoms with E-state index in [-0.39, 0.29) is 5.91 Å². The minimum absolute atomic E-state index is 0.225. The van der Waals surface area contributed by atoms with Gasteiger partial charge in [-0.1, -0.05) is 0 Å². The average molecular weight is 310 g/mol. The number of nitrogens with zero attached hydrogens (tertiary/aromatic N) is 2. The fraction of sp³-hybridized carbons (Fsp3) is 0.0909. The van der Waals surface area contributed by atoms with Crippen LogP contribution in [0.25, 0.3) is 0 Å². The number of amides is 1. The lowest BCUT2D eigenvalue weighted by molar-refractivity contribution is 0.101. The summed E-state index contributed by atoms with van der Waals surface area (Å²) in [6, 6.07) is 5.44. The molecule has 0 radical (unpaired) electrons. The standard InChI is InChI=1S/C11H8BrN3OS/c1-15-6-8(12)4-9(15)10(16)14-11-7(5-13)2-3-17-11/h2-4,6H,1H3,(H,14,16). The molecule has 0 saturated heterocycles. The summed E-state index contributed by atoms with van der Waals surface area (Å²) in [5.74, 6) is -0.225. The van der Waals surface area contributed by atoms with E-state index in [0.717, 1.165) is 4.47 Å². The van der Waals surface area contributed by atoms with E-state index in [0.29, 0.717) is 16.3 Å². The molecule has 1 amide bonds. The van der Waals surface area contributed by atoms with E-state index in [4.69, 9.17) is 5.26 Å². The van der Waals surface area contributed by atoms with Gasteiger partial charge in [0.05, 0.1) is 5.56 Å². The Morgan fingerprint density at radius 1 is 1.65 bits per heavy atom. The van der Waals surface area contributed by atoms with Crippen LogP contribution < -0.4 is 5.32 Å². The van der Waals surface area contributed by atoms with Crippen LogP contribution in [0.15, 0.2) is 28.2 Å². The van der Waals surface area contributed by atoms with Crippen molar-refractivity contribution in [3.63, 3.8) is 0 Å². The lowest BCUT2D eigenvalue weighted by atomic mass is 10.3. The van der Waals surface area contributed by atoms with Crippen LogP contribution in [0.3, 0.4) is 0 Å². The first-order valence-corrected chi connectivity index (χ1v) is 6.40. The summed E-state index contributed by atoms with van der Waals surface area (Å²) in [4.78, 5) is 12.0. The van der Waals surface area contributed by atoms with Gasteiger partial charge in [-0.3, -0.25) is 4.79 Å². The molecule has 0 aromatic carbocycles. The molecule has 0 saturated carbocycles. The van der Waals surface area contributed by atoms with Gasteiger partial charge in [-0.05, 0) is 33.4 Å². The molecule has 86 valence electrons. The second kappa shape index (κ2) is 4.73. The normalized spacial score (nSPS) is 9.94. The van der Waals surface area contributed by atoms with Gasteiger partial charge in [0.1, 0.15) is 16.8 Å². The van der Waals surface area contributed by atoms with Gasteiger partial charge < -0.3 is 9.88 Å². The molecule has 0 bridgehead atoms. The van der Waals surface area contributed by atoms with Crippen molar-refractivity contribution in [2.75, 3.05) is 5.32 Å². The number of carbonyl (C=O) groups excluding carboxylic acids is 1. The molecule has 2 aromatic heterocycles. The van der Waals surface area contributed by atoms with Crippen LogP contribution in [-0.4, -0.2) is 10.5 Å². The van der Waals surface area contributed by atoms with E-state index in [2.05, 4.69) is 21.2 Å². The molecule has 2 heterocycles. The van der Waals surface area contributed by atoms with Crippen LogP contribution in [0.2, 0.25) is 0 Å². The van der Waals surface area contributed by atoms with E-state index in [1.54, 1.807) is 35.3 Å². The summed E-state index contributed by atoms with van der Waals surface area (Å²) in [6.07, 6.45) is 1.80. The summed E-state index contributed by atoms with van der Waals surface area (Å²) in [7, 11) is 1.79. The van der Waals surface area contributed by atoms with E-state index < -0.39 is 0 Å². The van der Waals surface area contributed by atoms with Crippen molar-refractivity contribution in [1.82, 2.24) is 4.57 Å². The zero-order chi connectivity index (χ0) is 12.4. The Labute approximate surface area is 111 Å². The predicted molar refractivity (Wildman–Crippen MR) is 70.1 cm³/mol. The van der Waals surface area contributed by atoms with Crippen LogP contribution in [0, 0.1) is 11.3 Å². The summed E-state index contributed by atoms with van der Waals surface area (Å²) in [5, 5.41) is 13.9. The first-order chi connectivity index (χ1) is 8.11. The first-order valence-electron chi connectivity index (χ1n) is 4.72. The van der Waals surface area contributed by atoms with Crippen molar-refractivity contribution in [3.05, 3.63) is 39.4 Å². The molecule has 2 rings (SSSR count). The number of rotatable bonds is 2. The molecule has 0 fully saturated rings. The molecule has 0 aliphatic carbocycles. The van der Waals surface area contributed by atoms with Gasteiger partial charge in [0.15, 0.2) is 0 Å². The van der Waals surface area contributed by atoms with E-state index >= 15 is 0 Å². The Morgan fingerprint density at radius 3 is 3.00 bits per heavy atom. The molecular weight excluding hydrogens is 302 g/mol. The Balaban J connectivity index is 2.24. The van der Waals surface area contributed by atoms with Crippen LogP contribution in [0.5, 0.6) is 0 Å². The van der Waals surface area contributed by atoms with Gasteiger partial charge in [0, 0.05) is 17.7 Å². The predicted octanol–water partition coefficient (Wildman–Crippen LogP) is 2.97. The zero-order valence-electron chi connectivity index (χ0n) is 8.90. The highest BCUT2D eigenvalue weighted by atomic mass is 79.9. The summed E-state index contributed by atoms with van der Waals surface area (Å²) < 4.78 is 2.57. The highest BCUT2D eigenvalue weighted by Crippen LogP contribution is 2.23. The fourth-order valence-corrected chi connectivity index (χ4v) is 2.67. The third-order valence-corrected chi connectivity index (χ3v) is 3.48. The Morgan fingerprint density at radius 2 is 2.41 bits per heavy atom. The maximum absolute atomic E-state index is 12.0. The highest BCUT2D eigenvalue weighted by Gasteiger charge is 2.13. The van der Waals surface area contributed by atoms with Gasteiger partial charge in [-0.2, -0.15) is 5.26 Å². The molecule has 0 aliphatic rings. The fourth-order valence-electron chi connectivity index (χ4n) is 1.41. The molecule has 0 atom stereocenters. The topological polar surface area (TPSA) is 57.8 Å². The number of carbonyl (C=O) groups is 1. The Kier molecular flexibility index (Phi) is 3.31. The molecule has 0 unspecified atom stereocenters. The minimum atomic E-state index is -0.225. The quantitative estimate of drug-likeness (QED) is 0.927. The third-order valence-electron chi connectivity index (χ3n) is 2.22. The van der Waals surface area contributed by atoms with Gasteiger partial charge >= 0.3 is 0 Å². The second-order valence-corrected chi connectivity index (χ2v) is 5.22. The second-order valence-electron chi connectivity index (χ2n) is 3.38. The molecule has 6 heteroatoms. The number of nitriles is 1. The Hall–Kier alpha value is -1.58. The Bertz CT molecular complexity index is 609. The van der Waals surface area contributed by atoms with Crippen molar-refractivity contribution in [1.29, 1.82) is 5.26 Å². The number of halogens is 1. The van der Waals surface area contributed by atoms with E-state index in [9.17, 15) is 4.79 Å². The largest absolute Gasteiger partial charge is 0.345 e. The maximum Gasteiger partial charge on any atom is 0.272 e. The number of aromatic nitrogens is 1. The van der Waals surface area contributed by atoms with Gasteiger partial charge in [-0.15, -0.1) is 11.3 Å². The van der Waals surface area contributed by atoms with Crippen molar-refractivity contribution >= 4 is 38.2 Å². The van der Waals surface area contributed by atoms with E-state index in [1.807, 2.05) is 6.07 Å². The van der Waals surface area contributed by atoms with Crippen molar-refractivity contribution in [2.45, 2.75) is 0 Å². The minimum Gasteiger partial charge on any atom is -0.345 e. The summed E-state index contributed by atoms with van der Waals surface area (Å²) in [5.41, 5.74) is 1.02. The van der Waals surface area contributed by atoms with Crippen molar-refractivity contribution in [2.24, 2.45) is 7.05 Å². The molecule has 1 N–H and O–H groups in total. The van der Waals surface area contributed by atoms with Gasteiger partial charge in [-0.25, -0.2) is 0 Å². The van der Waals surface area contributed by atoms with Crippen molar-refractivity contribution in [3.8, 4) is 6.07 Å². The lowest BCUT2D eigenvalue weighted by Gasteiger charge is -2.03. The third kappa shape index (κ3) is 2.40. The molecule has 0 spiro atoms. The zero-order valence-corrected chi connectivity index (χ0v) is 11.3. The SMILES string of the molecule is Cn1cc(Br)cc1C(=O)Nc1sccc1C#N. The van der Waals surface area contributed by atoms with Crippen LogP contribution in [0.4, 0.5) is 5.00 Å². The van der Waals surface area contributed by atoms with Crippen LogP contribution >= 0.6 is 27.3 Å². The monoisotopic (exact) mass is 309 g/mol. The lowest BCUT2D eigenvalue weighted by Crippen LogP contribution is -2.15. The van der Waals surface area contributed by atoms with Crippen LogP contribution in [-0.2, 0) is 7.05 Å². The van der Waals surface area contributed by atoms with Gasteiger partial charge in [0.25, 0.3) is 5.91 Å². The first kappa shape index (κ1) is 11.9. The average Bonchev–Trinajstić information content (AvgIpc) is 2.84. The number of aryl methyl sites for hydroxylation is 1. The number of hydrogen-bond donors (Lipinski definition) is 1. The number of hydrogen-bond acceptors (Lipinski definition) is 3. The van der Waals surface area contributed by atoms with Crippen molar-refractivity contribution < 1.29 is 4.79 Å². The molecule has 17 heavy (non-hydrogen) atoms. The number of thiophene rings is 1. The number of nitrogens with one attached hydrogen (secondary N) is 1. The van der Waals surface area contributed by atoms with Gasteiger partial charge in [0.2, 0.25) is 0 Å². The maximum atomic E-state index is 12.0. The number of anilines is 1. The van der Waals surface area contributed by atoms with Crippen LogP contribution in [0.1, 0.15) is 16.1 Å².